The van der Waals surface area contributed by atoms with Crippen molar-refractivity contribution in [3.05, 3.63) is 53.6 Å². The van der Waals surface area contributed by atoms with Crippen molar-refractivity contribution in [3.63, 3.8) is 0 Å². The van der Waals surface area contributed by atoms with Crippen LogP contribution in [-0.2, 0) is 0 Å². The molecule has 1 heterocycles. The summed E-state index contributed by atoms with van der Waals surface area (Å²) in [7, 11) is 1.63. The van der Waals surface area contributed by atoms with Gasteiger partial charge in [0.15, 0.2) is 5.11 Å². The summed E-state index contributed by atoms with van der Waals surface area (Å²) in [6, 6.07) is 13.3. The van der Waals surface area contributed by atoms with Gasteiger partial charge in [-0.3, -0.25) is 4.79 Å². The minimum Gasteiger partial charge on any atom is -0.495 e. The second-order valence-electron chi connectivity index (χ2n) is 6.71. The molecule has 2 N–H and O–H groups in total. The predicted octanol–water partition coefficient (Wildman–Crippen LogP) is 4.44. The van der Waals surface area contributed by atoms with Crippen LogP contribution in [-0.4, -0.2) is 36.1 Å². The van der Waals surface area contributed by atoms with E-state index in [0.29, 0.717) is 10.7 Å². The number of aryl methyl sites for hydroxylation is 1. The van der Waals surface area contributed by atoms with E-state index < -0.39 is 0 Å². The van der Waals surface area contributed by atoms with Gasteiger partial charge >= 0.3 is 0 Å². The lowest BCUT2D eigenvalue weighted by Gasteiger charge is -2.26. The zero-order valence-corrected chi connectivity index (χ0v) is 16.6. The average Bonchev–Trinajstić information content (AvgIpc) is 2.69. The Morgan fingerprint density at radius 3 is 2.41 bits per heavy atom. The van der Waals surface area contributed by atoms with Crippen LogP contribution in [0, 0.1) is 6.92 Å². The zero-order valence-electron chi connectivity index (χ0n) is 15.7. The molecule has 142 valence electrons. The normalized spacial score (nSPS) is 13.8. The van der Waals surface area contributed by atoms with Crippen molar-refractivity contribution in [2.24, 2.45) is 0 Å². The lowest BCUT2D eigenvalue weighted by Crippen LogP contribution is -2.35. The number of nitrogens with zero attached hydrogens (tertiary/aromatic N) is 1. The van der Waals surface area contributed by atoms with E-state index in [1.54, 1.807) is 7.11 Å². The molecule has 0 aromatic heterocycles. The molecular formula is C21H25N3O2S. The predicted molar refractivity (Wildman–Crippen MR) is 114 cm³/mol. The molecular weight excluding hydrogens is 358 g/mol. The molecule has 0 atom stereocenters. The van der Waals surface area contributed by atoms with E-state index in [1.807, 2.05) is 54.3 Å². The number of carbonyl (C=O) groups excluding carboxylic acids is 1. The summed E-state index contributed by atoms with van der Waals surface area (Å²) in [4.78, 5) is 14.5. The number of ether oxygens (including phenoxy) is 1. The molecule has 0 radical (unpaired) electrons. The highest BCUT2D eigenvalue weighted by atomic mass is 32.1. The van der Waals surface area contributed by atoms with Gasteiger partial charge in [0.1, 0.15) is 5.75 Å². The molecule has 5 nitrogen and oxygen atoms in total. The maximum Gasteiger partial charge on any atom is 0.253 e. The number of benzene rings is 2. The number of piperidine rings is 1. The van der Waals surface area contributed by atoms with Crippen LogP contribution < -0.4 is 15.4 Å². The van der Waals surface area contributed by atoms with Crippen LogP contribution in [0.15, 0.2) is 42.5 Å². The SMILES string of the molecule is COc1ccc(C)cc1NC(=S)Nc1ccc(C(=O)N2CCCCC2)cc1. The van der Waals surface area contributed by atoms with Gasteiger partial charge in [0, 0.05) is 24.3 Å². The minimum atomic E-state index is 0.103. The molecule has 0 bridgehead atoms. The molecule has 1 aliphatic rings. The van der Waals surface area contributed by atoms with Gasteiger partial charge in [-0.15, -0.1) is 0 Å². The largest absolute Gasteiger partial charge is 0.495 e. The third-order valence-electron chi connectivity index (χ3n) is 4.64. The highest BCUT2D eigenvalue weighted by Gasteiger charge is 2.17. The Balaban J connectivity index is 1.62. The molecule has 0 spiro atoms. The summed E-state index contributed by atoms with van der Waals surface area (Å²) in [6.45, 7) is 3.72. The van der Waals surface area contributed by atoms with Crippen LogP contribution >= 0.6 is 12.2 Å². The number of hydrogen-bond donors (Lipinski definition) is 2. The molecule has 0 unspecified atom stereocenters. The topological polar surface area (TPSA) is 53.6 Å². The minimum absolute atomic E-state index is 0.103. The van der Waals surface area contributed by atoms with E-state index in [0.717, 1.165) is 48.6 Å². The van der Waals surface area contributed by atoms with E-state index >= 15 is 0 Å². The van der Waals surface area contributed by atoms with Gasteiger partial charge in [-0.2, -0.15) is 0 Å². The Hall–Kier alpha value is -2.60. The third-order valence-corrected chi connectivity index (χ3v) is 4.84. The van der Waals surface area contributed by atoms with Crippen LogP contribution in [0.3, 0.4) is 0 Å². The number of anilines is 2. The monoisotopic (exact) mass is 383 g/mol. The second-order valence-corrected chi connectivity index (χ2v) is 7.12. The Morgan fingerprint density at radius 1 is 1.04 bits per heavy atom. The average molecular weight is 384 g/mol. The zero-order chi connectivity index (χ0) is 19.2. The van der Waals surface area contributed by atoms with Crippen molar-refractivity contribution in [1.29, 1.82) is 0 Å². The van der Waals surface area contributed by atoms with Crippen LogP contribution in [0.25, 0.3) is 0 Å². The van der Waals surface area contributed by atoms with E-state index in [-0.39, 0.29) is 5.91 Å². The summed E-state index contributed by atoms with van der Waals surface area (Å²) in [5.41, 5.74) is 3.46. The quantitative estimate of drug-likeness (QED) is 0.765. The first-order valence-corrected chi connectivity index (χ1v) is 9.59. The first-order chi connectivity index (χ1) is 13.1. The van der Waals surface area contributed by atoms with E-state index in [4.69, 9.17) is 17.0 Å². The van der Waals surface area contributed by atoms with E-state index in [2.05, 4.69) is 10.6 Å². The van der Waals surface area contributed by atoms with Gasteiger partial charge in [0.05, 0.1) is 12.8 Å². The molecule has 1 fully saturated rings. The van der Waals surface area contributed by atoms with Crippen LogP contribution in [0.1, 0.15) is 35.2 Å². The van der Waals surface area contributed by atoms with Gasteiger partial charge in [0.2, 0.25) is 0 Å². The molecule has 2 aromatic rings. The Kier molecular flexibility index (Phi) is 6.29. The molecule has 27 heavy (non-hydrogen) atoms. The molecule has 1 saturated heterocycles. The van der Waals surface area contributed by atoms with Gasteiger partial charge in [0.25, 0.3) is 5.91 Å². The lowest BCUT2D eigenvalue weighted by molar-refractivity contribution is 0.0724. The highest BCUT2D eigenvalue weighted by molar-refractivity contribution is 7.80. The highest BCUT2D eigenvalue weighted by Crippen LogP contribution is 2.25. The molecule has 2 aromatic carbocycles. The number of thiocarbonyl (C=S) groups is 1. The summed E-state index contributed by atoms with van der Waals surface area (Å²) < 4.78 is 5.36. The van der Waals surface area contributed by atoms with Crippen molar-refractivity contribution in [2.45, 2.75) is 26.2 Å². The number of carbonyl (C=O) groups is 1. The van der Waals surface area contributed by atoms with Gasteiger partial charge in [-0.1, -0.05) is 6.07 Å². The summed E-state index contributed by atoms with van der Waals surface area (Å²) >= 11 is 5.40. The van der Waals surface area contributed by atoms with E-state index in [9.17, 15) is 4.79 Å². The fourth-order valence-corrected chi connectivity index (χ4v) is 3.41. The number of amides is 1. The Morgan fingerprint density at radius 2 is 1.74 bits per heavy atom. The van der Waals surface area contributed by atoms with Crippen molar-refractivity contribution >= 4 is 34.6 Å². The summed E-state index contributed by atoms with van der Waals surface area (Å²) in [5, 5.41) is 6.77. The number of methoxy groups -OCH3 is 1. The molecule has 3 rings (SSSR count). The number of likely N-dealkylation sites (tertiary alicyclic amines) is 1. The summed E-state index contributed by atoms with van der Waals surface area (Å²) in [6.07, 6.45) is 3.39. The first-order valence-electron chi connectivity index (χ1n) is 9.19. The molecule has 1 amide bonds. The number of hydrogen-bond acceptors (Lipinski definition) is 3. The summed E-state index contributed by atoms with van der Waals surface area (Å²) in [5.74, 6) is 0.832. The third kappa shape index (κ3) is 4.98. The number of nitrogens with one attached hydrogen (secondary N) is 2. The van der Waals surface area contributed by atoms with Gasteiger partial charge in [-0.05, 0) is 80.4 Å². The Bertz CT molecular complexity index is 815. The van der Waals surface area contributed by atoms with Crippen molar-refractivity contribution in [3.8, 4) is 5.75 Å². The van der Waals surface area contributed by atoms with Crippen molar-refractivity contribution in [2.75, 3.05) is 30.8 Å². The molecule has 0 saturated carbocycles. The standard InChI is InChI=1S/C21H25N3O2S/c1-15-6-11-19(26-2)18(14-15)23-21(27)22-17-9-7-16(8-10-17)20(25)24-12-4-3-5-13-24/h6-11,14H,3-5,12-13H2,1-2H3,(H2,22,23,27). The molecule has 0 aliphatic carbocycles. The van der Waals surface area contributed by atoms with Gasteiger partial charge in [-0.25, -0.2) is 0 Å². The smallest absolute Gasteiger partial charge is 0.253 e. The van der Waals surface area contributed by atoms with Gasteiger partial charge < -0.3 is 20.3 Å². The molecule has 6 heteroatoms. The van der Waals surface area contributed by atoms with Crippen molar-refractivity contribution < 1.29 is 9.53 Å². The van der Waals surface area contributed by atoms with Crippen molar-refractivity contribution in [1.82, 2.24) is 4.90 Å². The first kappa shape index (κ1) is 19.2. The number of rotatable bonds is 4. The van der Waals surface area contributed by atoms with Crippen LogP contribution in [0.5, 0.6) is 5.75 Å². The fourth-order valence-electron chi connectivity index (χ4n) is 3.18. The van der Waals surface area contributed by atoms with Crippen LogP contribution in [0.2, 0.25) is 0 Å². The maximum atomic E-state index is 12.5. The lowest BCUT2D eigenvalue weighted by atomic mass is 10.1. The van der Waals surface area contributed by atoms with E-state index in [1.165, 1.54) is 6.42 Å². The fraction of sp³-hybridized carbons (Fsp3) is 0.333. The molecule has 1 aliphatic heterocycles. The second kappa shape index (κ2) is 8.86. The maximum absolute atomic E-state index is 12.5. The van der Waals surface area contributed by atoms with Crippen LogP contribution in [0.4, 0.5) is 11.4 Å². The Labute approximate surface area is 165 Å².